The molecule has 0 fully saturated rings. The Kier molecular flexibility index (Phi) is 4.69. The van der Waals surface area contributed by atoms with Crippen molar-refractivity contribution in [3.63, 3.8) is 0 Å². The lowest BCUT2D eigenvalue weighted by atomic mass is 10.1. The standard InChI is InChI=1S/C23H19N5O2/c29-23(16-6-8-18(9-7-16)28-13-3-12-27-28)26-15-19-14-17-4-1-5-20(21(17)30-19)22-24-10-2-11-25-22/h1-13,19H,14-15H2,(H,26,29)/t19-/m0/s1. The Balaban J connectivity index is 1.23. The molecule has 0 saturated heterocycles. The number of carbonyl (C=O) groups is 1. The van der Waals surface area contributed by atoms with Crippen LogP contribution in [0.1, 0.15) is 15.9 Å². The molecular weight excluding hydrogens is 378 g/mol. The van der Waals surface area contributed by atoms with E-state index in [-0.39, 0.29) is 12.0 Å². The van der Waals surface area contributed by atoms with Gasteiger partial charge in [-0.05, 0) is 48.0 Å². The van der Waals surface area contributed by atoms with Crippen LogP contribution in [0.5, 0.6) is 5.75 Å². The summed E-state index contributed by atoms with van der Waals surface area (Å²) in [5.41, 5.74) is 3.47. The molecule has 1 aliphatic rings. The molecule has 2 aromatic carbocycles. The number of hydrogen-bond acceptors (Lipinski definition) is 5. The van der Waals surface area contributed by atoms with Gasteiger partial charge in [0, 0.05) is 36.8 Å². The summed E-state index contributed by atoms with van der Waals surface area (Å²) >= 11 is 0. The van der Waals surface area contributed by atoms with Crippen LogP contribution in [-0.2, 0) is 6.42 Å². The lowest BCUT2D eigenvalue weighted by Gasteiger charge is -2.13. The Bertz CT molecular complexity index is 1160. The van der Waals surface area contributed by atoms with Crippen molar-refractivity contribution in [3.05, 3.63) is 90.5 Å². The predicted octanol–water partition coefficient (Wildman–Crippen LogP) is 3.06. The molecule has 0 bridgehead atoms. The number of hydrogen-bond donors (Lipinski definition) is 1. The number of nitrogens with zero attached hydrogens (tertiary/aromatic N) is 4. The van der Waals surface area contributed by atoms with Crippen molar-refractivity contribution in [2.24, 2.45) is 0 Å². The van der Waals surface area contributed by atoms with E-state index in [4.69, 9.17) is 4.74 Å². The topological polar surface area (TPSA) is 81.9 Å². The van der Waals surface area contributed by atoms with Gasteiger partial charge in [-0.15, -0.1) is 0 Å². The van der Waals surface area contributed by atoms with Gasteiger partial charge in [0.2, 0.25) is 0 Å². The molecule has 3 heterocycles. The zero-order chi connectivity index (χ0) is 20.3. The predicted molar refractivity (Wildman–Crippen MR) is 111 cm³/mol. The van der Waals surface area contributed by atoms with E-state index in [1.54, 1.807) is 41.5 Å². The van der Waals surface area contributed by atoms with Crippen molar-refractivity contribution in [1.82, 2.24) is 25.1 Å². The highest BCUT2D eigenvalue weighted by Gasteiger charge is 2.26. The van der Waals surface area contributed by atoms with E-state index in [9.17, 15) is 4.79 Å². The number of amides is 1. The van der Waals surface area contributed by atoms with Crippen LogP contribution in [0, 0.1) is 0 Å². The third kappa shape index (κ3) is 3.53. The maximum atomic E-state index is 12.6. The number of aromatic nitrogens is 4. The molecule has 1 amide bonds. The average Bonchev–Trinajstić information content (AvgIpc) is 3.48. The van der Waals surface area contributed by atoms with Crippen LogP contribution in [0.3, 0.4) is 0 Å². The van der Waals surface area contributed by atoms with Crippen LogP contribution in [0.2, 0.25) is 0 Å². The fourth-order valence-corrected chi connectivity index (χ4v) is 3.56. The number of benzene rings is 2. The first-order valence-corrected chi connectivity index (χ1v) is 9.72. The third-order valence-electron chi connectivity index (χ3n) is 5.02. The summed E-state index contributed by atoms with van der Waals surface area (Å²) in [5, 5.41) is 7.16. The first-order valence-electron chi connectivity index (χ1n) is 9.72. The molecular formula is C23H19N5O2. The summed E-state index contributed by atoms with van der Waals surface area (Å²) in [6.07, 6.45) is 7.61. The average molecular weight is 397 g/mol. The van der Waals surface area contributed by atoms with Crippen LogP contribution in [0.15, 0.2) is 79.4 Å². The summed E-state index contributed by atoms with van der Waals surface area (Å²) in [6, 6.07) is 16.9. The van der Waals surface area contributed by atoms with Crippen LogP contribution < -0.4 is 10.1 Å². The molecule has 0 aliphatic carbocycles. The molecule has 1 N–H and O–H groups in total. The van der Waals surface area contributed by atoms with Crippen LogP contribution in [-0.4, -0.2) is 38.3 Å². The number of fused-ring (bicyclic) bond motifs is 1. The molecule has 30 heavy (non-hydrogen) atoms. The molecule has 148 valence electrons. The third-order valence-corrected chi connectivity index (χ3v) is 5.02. The van der Waals surface area contributed by atoms with Crippen LogP contribution in [0.25, 0.3) is 17.1 Å². The maximum absolute atomic E-state index is 12.6. The Morgan fingerprint density at radius 2 is 1.87 bits per heavy atom. The van der Waals surface area contributed by atoms with E-state index in [0.29, 0.717) is 17.9 Å². The number of para-hydroxylation sites is 1. The Morgan fingerprint density at radius 3 is 2.63 bits per heavy atom. The number of carbonyl (C=O) groups excluding carboxylic acids is 1. The largest absolute Gasteiger partial charge is 0.487 e. The van der Waals surface area contributed by atoms with Gasteiger partial charge in [-0.1, -0.05) is 12.1 Å². The minimum atomic E-state index is -0.131. The summed E-state index contributed by atoms with van der Waals surface area (Å²) in [7, 11) is 0. The monoisotopic (exact) mass is 397 g/mol. The molecule has 1 aliphatic heterocycles. The van der Waals surface area contributed by atoms with Crippen molar-refractivity contribution < 1.29 is 9.53 Å². The van der Waals surface area contributed by atoms with Gasteiger partial charge < -0.3 is 10.1 Å². The van der Waals surface area contributed by atoms with Gasteiger partial charge >= 0.3 is 0 Å². The second kappa shape index (κ2) is 7.79. The van der Waals surface area contributed by atoms with Crippen LogP contribution >= 0.6 is 0 Å². The van der Waals surface area contributed by atoms with Gasteiger partial charge in [-0.2, -0.15) is 5.10 Å². The van der Waals surface area contributed by atoms with Crippen molar-refractivity contribution in [2.45, 2.75) is 12.5 Å². The van der Waals surface area contributed by atoms with Gasteiger partial charge in [-0.25, -0.2) is 14.6 Å². The van der Waals surface area contributed by atoms with Crippen molar-refractivity contribution in [1.29, 1.82) is 0 Å². The molecule has 5 rings (SSSR count). The molecule has 0 spiro atoms. The molecule has 4 aromatic rings. The number of nitrogens with one attached hydrogen (secondary N) is 1. The van der Waals surface area contributed by atoms with Gasteiger partial charge in [-0.3, -0.25) is 4.79 Å². The van der Waals surface area contributed by atoms with Crippen molar-refractivity contribution in [2.75, 3.05) is 6.54 Å². The quantitative estimate of drug-likeness (QED) is 0.560. The Hall–Kier alpha value is -4.00. The zero-order valence-electron chi connectivity index (χ0n) is 16.1. The molecule has 0 unspecified atom stereocenters. The molecule has 7 heteroatoms. The maximum Gasteiger partial charge on any atom is 0.251 e. The van der Waals surface area contributed by atoms with E-state index in [1.807, 2.05) is 42.6 Å². The molecule has 1 atom stereocenters. The Morgan fingerprint density at radius 1 is 1.03 bits per heavy atom. The first kappa shape index (κ1) is 18.1. The summed E-state index contributed by atoms with van der Waals surface area (Å²) in [4.78, 5) is 21.2. The highest BCUT2D eigenvalue weighted by atomic mass is 16.5. The number of ether oxygens (including phenoxy) is 1. The normalized spacial score (nSPS) is 14.7. The van der Waals surface area contributed by atoms with Gasteiger partial charge in [0.25, 0.3) is 5.91 Å². The van der Waals surface area contributed by atoms with E-state index in [1.165, 1.54) is 0 Å². The highest BCUT2D eigenvalue weighted by molar-refractivity contribution is 5.94. The molecule has 2 aromatic heterocycles. The minimum absolute atomic E-state index is 0.128. The summed E-state index contributed by atoms with van der Waals surface area (Å²) < 4.78 is 7.89. The summed E-state index contributed by atoms with van der Waals surface area (Å²) in [6.45, 7) is 0.420. The van der Waals surface area contributed by atoms with Crippen molar-refractivity contribution >= 4 is 5.91 Å². The van der Waals surface area contributed by atoms with Crippen molar-refractivity contribution in [3.8, 4) is 22.8 Å². The van der Waals surface area contributed by atoms with E-state index >= 15 is 0 Å². The van der Waals surface area contributed by atoms with Gasteiger partial charge in [0.1, 0.15) is 11.9 Å². The van der Waals surface area contributed by atoms with Gasteiger partial charge in [0.05, 0.1) is 17.8 Å². The lowest BCUT2D eigenvalue weighted by Crippen LogP contribution is -2.34. The Labute approximate surface area is 173 Å². The second-order valence-electron chi connectivity index (χ2n) is 7.02. The van der Waals surface area contributed by atoms with Crippen LogP contribution in [0.4, 0.5) is 0 Å². The first-order chi connectivity index (χ1) is 14.8. The van der Waals surface area contributed by atoms with Gasteiger partial charge in [0.15, 0.2) is 5.82 Å². The molecule has 0 saturated carbocycles. The molecule has 7 nitrogen and oxygen atoms in total. The second-order valence-corrected chi connectivity index (χ2v) is 7.02. The zero-order valence-corrected chi connectivity index (χ0v) is 16.1. The fraction of sp³-hybridized carbons (Fsp3) is 0.130. The molecule has 0 radical (unpaired) electrons. The van der Waals surface area contributed by atoms with E-state index in [2.05, 4.69) is 20.4 Å². The minimum Gasteiger partial charge on any atom is -0.487 e. The SMILES string of the molecule is O=C(NC[C@@H]1Cc2cccc(-c3ncccn3)c2O1)c1ccc(-n2cccn2)cc1. The highest BCUT2D eigenvalue weighted by Crippen LogP contribution is 2.37. The van der Waals surface area contributed by atoms with E-state index < -0.39 is 0 Å². The smallest absolute Gasteiger partial charge is 0.251 e. The summed E-state index contributed by atoms with van der Waals surface area (Å²) in [5.74, 6) is 1.30. The fourth-order valence-electron chi connectivity index (χ4n) is 3.56. The van der Waals surface area contributed by atoms with E-state index in [0.717, 1.165) is 29.0 Å². The number of rotatable bonds is 5. The lowest BCUT2D eigenvalue weighted by molar-refractivity contribution is 0.0933.